The number of benzene rings is 2. The number of anilines is 1. The molecule has 0 bridgehead atoms. The quantitative estimate of drug-likeness (QED) is 0.662. The van der Waals surface area contributed by atoms with Crippen LogP contribution in [0, 0.1) is 6.92 Å². The van der Waals surface area contributed by atoms with Gasteiger partial charge in [-0.2, -0.15) is 0 Å². The van der Waals surface area contributed by atoms with Crippen molar-refractivity contribution < 1.29 is 9.53 Å². The number of halogens is 1. The van der Waals surface area contributed by atoms with Crippen LogP contribution >= 0.6 is 22.9 Å². The second-order valence-electron chi connectivity index (χ2n) is 5.28. The molecule has 124 valence electrons. The number of hydrogen-bond acceptors (Lipinski definition) is 4. The van der Waals surface area contributed by atoms with Crippen LogP contribution in [0.2, 0.25) is 5.02 Å². The van der Waals surface area contributed by atoms with E-state index in [-0.39, 0.29) is 12.5 Å². The number of para-hydroxylation sites is 2. The highest BCUT2D eigenvalue weighted by Gasteiger charge is 2.19. The molecule has 3 rings (SSSR count). The van der Waals surface area contributed by atoms with Crippen LogP contribution in [0.25, 0.3) is 10.2 Å². The monoisotopic (exact) mass is 360 g/mol. The van der Waals surface area contributed by atoms with Gasteiger partial charge in [-0.3, -0.25) is 9.69 Å². The number of aryl methyl sites for hydroxylation is 1. The average molecular weight is 361 g/mol. The topological polar surface area (TPSA) is 42.4 Å². The summed E-state index contributed by atoms with van der Waals surface area (Å²) in [6.07, 6.45) is 0. The minimum absolute atomic E-state index is 0.0769. The minimum atomic E-state index is -0.144. The molecule has 0 fully saturated rings. The van der Waals surface area contributed by atoms with Crippen LogP contribution in [0.3, 0.4) is 0 Å². The summed E-state index contributed by atoms with van der Waals surface area (Å²) in [4.78, 5) is 18.8. The molecule has 0 aliphatic heterocycles. The predicted molar refractivity (Wildman–Crippen MR) is 99.3 cm³/mol. The molecule has 0 atom stereocenters. The van der Waals surface area contributed by atoms with Gasteiger partial charge in [0.1, 0.15) is 5.75 Å². The van der Waals surface area contributed by atoms with Crippen molar-refractivity contribution in [1.29, 1.82) is 0 Å². The highest BCUT2D eigenvalue weighted by atomic mass is 35.5. The Morgan fingerprint density at radius 2 is 2.04 bits per heavy atom. The van der Waals surface area contributed by atoms with E-state index in [1.165, 1.54) is 11.3 Å². The number of ether oxygens (including phenoxy) is 1. The first kappa shape index (κ1) is 16.7. The summed E-state index contributed by atoms with van der Waals surface area (Å²) in [5, 5.41) is 1.18. The molecule has 1 heterocycles. The Labute approximate surface area is 149 Å². The second kappa shape index (κ2) is 7.20. The zero-order valence-corrected chi connectivity index (χ0v) is 15.0. The zero-order valence-electron chi connectivity index (χ0n) is 13.5. The van der Waals surface area contributed by atoms with Crippen molar-refractivity contribution in [2.75, 3.05) is 18.1 Å². The van der Waals surface area contributed by atoms with Crippen LogP contribution in [0.5, 0.6) is 5.75 Å². The van der Waals surface area contributed by atoms with Crippen molar-refractivity contribution in [2.45, 2.75) is 13.8 Å². The molecular formula is C18H17ClN2O2S. The van der Waals surface area contributed by atoms with Gasteiger partial charge in [-0.05, 0) is 37.6 Å². The summed E-state index contributed by atoms with van der Waals surface area (Å²) in [6.45, 7) is 4.40. The molecule has 0 radical (unpaired) electrons. The fourth-order valence-electron chi connectivity index (χ4n) is 2.39. The zero-order chi connectivity index (χ0) is 17.1. The van der Waals surface area contributed by atoms with Crippen molar-refractivity contribution >= 4 is 44.2 Å². The van der Waals surface area contributed by atoms with E-state index in [1.807, 2.05) is 44.2 Å². The first-order valence-electron chi connectivity index (χ1n) is 7.64. The summed E-state index contributed by atoms with van der Waals surface area (Å²) in [7, 11) is 0. The number of fused-ring (bicyclic) bond motifs is 1. The van der Waals surface area contributed by atoms with E-state index in [0.29, 0.717) is 22.4 Å². The third-order valence-corrected chi connectivity index (χ3v) is 5.00. The van der Waals surface area contributed by atoms with E-state index in [0.717, 1.165) is 15.8 Å². The Morgan fingerprint density at radius 3 is 2.75 bits per heavy atom. The molecule has 2 aromatic carbocycles. The van der Waals surface area contributed by atoms with E-state index >= 15 is 0 Å². The number of hydrogen-bond donors (Lipinski definition) is 0. The van der Waals surface area contributed by atoms with Gasteiger partial charge in [-0.25, -0.2) is 4.98 Å². The standard InChI is InChI=1S/C18H17ClN2O2S/c1-3-21(16(22)11-23-14-9-5-4-8-13(14)19)18-20-17-12(2)7-6-10-15(17)24-18/h4-10H,3,11H2,1-2H3. The Morgan fingerprint density at radius 1 is 1.25 bits per heavy atom. The lowest BCUT2D eigenvalue weighted by Crippen LogP contribution is -2.34. The summed E-state index contributed by atoms with van der Waals surface area (Å²) in [5.41, 5.74) is 2.04. The summed E-state index contributed by atoms with van der Waals surface area (Å²) in [6, 6.07) is 13.1. The summed E-state index contributed by atoms with van der Waals surface area (Å²) >= 11 is 7.56. The third-order valence-electron chi connectivity index (χ3n) is 3.65. The minimum Gasteiger partial charge on any atom is -0.482 e. The molecule has 0 saturated heterocycles. The van der Waals surface area contributed by atoms with Crippen LogP contribution < -0.4 is 9.64 Å². The fourth-order valence-corrected chi connectivity index (χ4v) is 3.70. The van der Waals surface area contributed by atoms with E-state index in [9.17, 15) is 4.79 Å². The highest BCUT2D eigenvalue weighted by Crippen LogP contribution is 2.30. The Hall–Kier alpha value is -2.11. The number of aromatic nitrogens is 1. The van der Waals surface area contributed by atoms with Crippen LogP contribution in [0.15, 0.2) is 42.5 Å². The second-order valence-corrected chi connectivity index (χ2v) is 6.69. The number of carbonyl (C=O) groups is 1. The number of rotatable bonds is 5. The maximum Gasteiger partial charge on any atom is 0.266 e. The van der Waals surface area contributed by atoms with Gasteiger partial charge in [0.25, 0.3) is 5.91 Å². The molecule has 0 aliphatic carbocycles. The van der Waals surface area contributed by atoms with Gasteiger partial charge >= 0.3 is 0 Å². The van der Waals surface area contributed by atoms with Crippen LogP contribution in [0.1, 0.15) is 12.5 Å². The molecule has 1 amide bonds. The van der Waals surface area contributed by atoms with Crippen LogP contribution in [-0.2, 0) is 4.79 Å². The van der Waals surface area contributed by atoms with Crippen molar-refractivity contribution in [2.24, 2.45) is 0 Å². The SMILES string of the molecule is CCN(C(=O)COc1ccccc1Cl)c1nc2c(C)cccc2s1. The lowest BCUT2D eigenvalue weighted by molar-refractivity contribution is -0.120. The van der Waals surface area contributed by atoms with Gasteiger partial charge in [-0.15, -0.1) is 0 Å². The van der Waals surface area contributed by atoms with Crippen molar-refractivity contribution in [3.05, 3.63) is 53.1 Å². The summed E-state index contributed by atoms with van der Waals surface area (Å²) in [5.74, 6) is 0.359. The van der Waals surface area contributed by atoms with Crippen molar-refractivity contribution in [1.82, 2.24) is 4.98 Å². The largest absolute Gasteiger partial charge is 0.482 e. The van der Waals surface area contributed by atoms with Gasteiger partial charge in [0.05, 0.1) is 15.2 Å². The molecule has 0 unspecified atom stereocenters. The lowest BCUT2D eigenvalue weighted by atomic mass is 10.2. The van der Waals surface area contributed by atoms with Crippen LogP contribution in [-0.4, -0.2) is 24.0 Å². The Balaban J connectivity index is 1.78. The van der Waals surface area contributed by atoms with Crippen LogP contribution in [0.4, 0.5) is 5.13 Å². The molecule has 1 aromatic heterocycles. The number of nitrogens with zero attached hydrogens (tertiary/aromatic N) is 2. The molecule has 0 spiro atoms. The third kappa shape index (κ3) is 3.37. The van der Waals surface area contributed by atoms with Gasteiger partial charge < -0.3 is 4.74 Å². The molecule has 0 N–H and O–H groups in total. The molecule has 4 nitrogen and oxygen atoms in total. The smallest absolute Gasteiger partial charge is 0.266 e. The van der Waals surface area contributed by atoms with E-state index in [2.05, 4.69) is 4.98 Å². The number of thiazole rings is 1. The lowest BCUT2D eigenvalue weighted by Gasteiger charge is -2.18. The van der Waals surface area contributed by atoms with E-state index < -0.39 is 0 Å². The average Bonchev–Trinajstić information content (AvgIpc) is 3.00. The molecule has 6 heteroatoms. The Kier molecular flexibility index (Phi) is 5.02. The fraction of sp³-hybridized carbons (Fsp3) is 0.222. The molecular weight excluding hydrogens is 344 g/mol. The van der Waals surface area contributed by atoms with Gasteiger partial charge in [0.2, 0.25) is 0 Å². The molecule has 0 saturated carbocycles. The maximum absolute atomic E-state index is 12.5. The molecule has 0 aliphatic rings. The van der Waals surface area contributed by atoms with Gasteiger partial charge in [0, 0.05) is 6.54 Å². The first-order chi connectivity index (χ1) is 11.6. The first-order valence-corrected chi connectivity index (χ1v) is 8.83. The van der Waals surface area contributed by atoms with Gasteiger partial charge in [-0.1, -0.05) is 47.2 Å². The van der Waals surface area contributed by atoms with E-state index in [4.69, 9.17) is 16.3 Å². The van der Waals surface area contributed by atoms with Crippen molar-refractivity contribution in [3.8, 4) is 5.75 Å². The van der Waals surface area contributed by atoms with E-state index in [1.54, 1.807) is 17.0 Å². The number of carbonyl (C=O) groups excluding carboxylic acids is 1. The normalized spacial score (nSPS) is 10.8. The highest BCUT2D eigenvalue weighted by molar-refractivity contribution is 7.22. The molecule has 3 aromatic rings. The Bertz CT molecular complexity index is 878. The predicted octanol–water partition coefficient (Wildman–Crippen LogP) is 4.69. The van der Waals surface area contributed by atoms with Crippen molar-refractivity contribution in [3.63, 3.8) is 0 Å². The molecule has 24 heavy (non-hydrogen) atoms. The number of amides is 1. The maximum atomic E-state index is 12.5. The summed E-state index contributed by atoms with van der Waals surface area (Å²) < 4.78 is 6.63. The number of likely N-dealkylation sites (N-methyl/N-ethyl adjacent to an activating group) is 1. The van der Waals surface area contributed by atoms with Gasteiger partial charge in [0.15, 0.2) is 11.7 Å².